The van der Waals surface area contributed by atoms with Crippen LogP contribution in [0, 0.1) is 5.82 Å². The van der Waals surface area contributed by atoms with Gasteiger partial charge in [0.2, 0.25) is 0 Å². The average molecular weight is 348 g/mol. The van der Waals surface area contributed by atoms with Crippen LogP contribution in [0.5, 0.6) is 0 Å². The Hall–Kier alpha value is -2.14. The van der Waals surface area contributed by atoms with Gasteiger partial charge in [0.15, 0.2) is 0 Å². The van der Waals surface area contributed by atoms with Crippen LogP contribution in [-0.2, 0) is 0 Å². The number of aromatic nitrogens is 1. The summed E-state index contributed by atoms with van der Waals surface area (Å²) in [6.07, 6.45) is 7.49. The van der Waals surface area contributed by atoms with E-state index in [2.05, 4.69) is 15.6 Å². The monoisotopic (exact) mass is 347 g/mol. The molecule has 2 N–H and O–H groups in total. The van der Waals surface area contributed by atoms with Gasteiger partial charge < -0.3 is 10.6 Å². The van der Waals surface area contributed by atoms with Crippen LogP contribution in [0.1, 0.15) is 42.5 Å². The van der Waals surface area contributed by atoms with Crippen molar-refractivity contribution in [3.8, 4) is 0 Å². The van der Waals surface area contributed by atoms with E-state index in [4.69, 9.17) is 11.6 Å². The highest BCUT2D eigenvalue weighted by molar-refractivity contribution is 6.31. The summed E-state index contributed by atoms with van der Waals surface area (Å²) in [6, 6.07) is 7.88. The second-order valence-corrected chi connectivity index (χ2v) is 6.37. The van der Waals surface area contributed by atoms with E-state index >= 15 is 0 Å². The van der Waals surface area contributed by atoms with Gasteiger partial charge in [-0.2, -0.15) is 0 Å². The molecule has 1 heterocycles. The first-order valence-corrected chi connectivity index (χ1v) is 8.49. The van der Waals surface area contributed by atoms with E-state index < -0.39 is 5.82 Å². The molecule has 2 aromatic rings. The van der Waals surface area contributed by atoms with E-state index in [0.29, 0.717) is 23.1 Å². The molecule has 4 nitrogen and oxygen atoms in total. The van der Waals surface area contributed by atoms with Crippen molar-refractivity contribution < 1.29 is 9.18 Å². The number of amides is 1. The minimum atomic E-state index is -0.518. The lowest BCUT2D eigenvalue weighted by molar-refractivity contribution is 0.102. The minimum absolute atomic E-state index is 0.0282. The molecule has 0 aliphatic heterocycles. The number of benzene rings is 1. The molecule has 1 aromatic carbocycles. The Morgan fingerprint density at radius 3 is 2.75 bits per heavy atom. The second-order valence-electron chi connectivity index (χ2n) is 5.96. The summed E-state index contributed by atoms with van der Waals surface area (Å²) in [7, 11) is 0. The molecule has 0 spiro atoms. The van der Waals surface area contributed by atoms with Gasteiger partial charge in [-0.1, -0.05) is 30.9 Å². The van der Waals surface area contributed by atoms with E-state index in [1.54, 1.807) is 18.3 Å². The molecular formula is C18H19ClFN3O. The third kappa shape index (κ3) is 4.03. The van der Waals surface area contributed by atoms with E-state index in [-0.39, 0.29) is 10.9 Å². The molecule has 1 aromatic heterocycles. The number of carbonyl (C=O) groups is 1. The molecule has 1 aliphatic rings. The van der Waals surface area contributed by atoms with Crippen molar-refractivity contribution in [1.82, 2.24) is 4.98 Å². The normalized spacial score (nSPS) is 15.1. The van der Waals surface area contributed by atoms with Crippen LogP contribution in [0.15, 0.2) is 36.5 Å². The van der Waals surface area contributed by atoms with Gasteiger partial charge in [0.1, 0.15) is 11.6 Å². The molecule has 0 saturated heterocycles. The molecule has 6 heteroatoms. The predicted octanol–water partition coefficient (Wildman–Crippen LogP) is 4.87. The second kappa shape index (κ2) is 7.62. The lowest BCUT2D eigenvalue weighted by Gasteiger charge is -2.24. The van der Waals surface area contributed by atoms with Crippen LogP contribution in [0.3, 0.4) is 0 Å². The zero-order chi connectivity index (χ0) is 16.9. The van der Waals surface area contributed by atoms with Gasteiger partial charge in [0.25, 0.3) is 5.91 Å². The van der Waals surface area contributed by atoms with Gasteiger partial charge in [-0.05, 0) is 43.2 Å². The minimum Gasteiger partial charge on any atom is -0.367 e. The lowest BCUT2D eigenvalue weighted by Crippen LogP contribution is -2.25. The van der Waals surface area contributed by atoms with Gasteiger partial charge in [-0.3, -0.25) is 4.79 Å². The zero-order valence-electron chi connectivity index (χ0n) is 13.2. The molecule has 1 saturated carbocycles. The van der Waals surface area contributed by atoms with Crippen molar-refractivity contribution in [2.75, 3.05) is 10.6 Å². The van der Waals surface area contributed by atoms with Gasteiger partial charge in [0.05, 0.1) is 10.6 Å². The third-order valence-electron chi connectivity index (χ3n) is 4.18. The summed E-state index contributed by atoms with van der Waals surface area (Å²) in [4.78, 5) is 16.9. The van der Waals surface area contributed by atoms with Crippen LogP contribution < -0.4 is 10.6 Å². The number of hydrogen-bond donors (Lipinski definition) is 2. The highest BCUT2D eigenvalue weighted by Gasteiger charge is 2.18. The SMILES string of the molecule is O=C(Nc1ccc(F)c(Cl)c1)c1cccnc1NC1CCCCC1. The van der Waals surface area contributed by atoms with Crippen molar-refractivity contribution in [1.29, 1.82) is 0 Å². The largest absolute Gasteiger partial charge is 0.367 e. The molecule has 3 rings (SSSR count). The summed E-state index contributed by atoms with van der Waals surface area (Å²) >= 11 is 5.75. The number of carbonyl (C=O) groups excluding carboxylic acids is 1. The van der Waals surface area contributed by atoms with E-state index in [9.17, 15) is 9.18 Å². The predicted molar refractivity (Wildman–Crippen MR) is 94.1 cm³/mol. The molecular weight excluding hydrogens is 329 g/mol. The number of rotatable bonds is 4. The first kappa shape index (κ1) is 16.7. The maximum absolute atomic E-state index is 13.2. The van der Waals surface area contributed by atoms with Crippen LogP contribution in [0.2, 0.25) is 5.02 Å². The van der Waals surface area contributed by atoms with Crippen molar-refractivity contribution in [3.05, 3.63) is 52.9 Å². The zero-order valence-corrected chi connectivity index (χ0v) is 13.9. The number of anilines is 2. The van der Waals surface area contributed by atoms with Crippen LogP contribution in [-0.4, -0.2) is 16.9 Å². The summed E-state index contributed by atoms with van der Waals surface area (Å²) in [6.45, 7) is 0. The van der Waals surface area contributed by atoms with Gasteiger partial charge in [-0.15, -0.1) is 0 Å². The van der Waals surface area contributed by atoms with Gasteiger partial charge in [0, 0.05) is 17.9 Å². The molecule has 0 atom stereocenters. The van der Waals surface area contributed by atoms with Crippen molar-refractivity contribution in [2.24, 2.45) is 0 Å². The molecule has 24 heavy (non-hydrogen) atoms. The number of nitrogens with one attached hydrogen (secondary N) is 2. The number of hydrogen-bond acceptors (Lipinski definition) is 3. The topological polar surface area (TPSA) is 54.0 Å². The Morgan fingerprint density at radius 2 is 2.00 bits per heavy atom. The molecule has 0 unspecified atom stereocenters. The molecule has 1 amide bonds. The summed E-state index contributed by atoms with van der Waals surface area (Å²) in [5, 5.41) is 6.08. The standard InChI is InChI=1S/C18H19ClFN3O/c19-15-11-13(8-9-16(15)20)23-18(24)14-7-4-10-21-17(14)22-12-5-2-1-3-6-12/h4,7-12H,1-3,5-6H2,(H,21,22)(H,23,24). The quantitative estimate of drug-likeness (QED) is 0.829. The summed E-state index contributed by atoms with van der Waals surface area (Å²) in [5.74, 6) is -0.241. The highest BCUT2D eigenvalue weighted by Crippen LogP contribution is 2.24. The number of nitrogens with zero attached hydrogens (tertiary/aromatic N) is 1. The first-order chi connectivity index (χ1) is 11.6. The lowest BCUT2D eigenvalue weighted by atomic mass is 9.95. The van der Waals surface area contributed by atoms with Crippen molar-refractivity contribution in [2.45, 2.75) is 38.1 Å². The van der Waals surface area contributed by atoms with Crippen LogP contribution >= 0.6 is 11.6 Å². The Labute approximate surface area is 145 Å². The van der Waals surface area contributed by atoms with Gasteiger partial charge in [-0.25, -0.2) is 9.37 Å². The molecule has 0 bridgehead atoms. The Kier molecular flexibility index (Phi) is 5.30. The maximum Gasteiger partial charge on any atom is 0.259 e. The first-order valence-electron chi connectivity index (χ1n) is 8.11. The molecule has 1 fully saturated rings. The Balaban J connectivity index is 1.75. The van der Waals surface area contributed by atoms with Crippen molar-refractivity contribution in [3.63, 3.8) is 0 Å². The van der Waals surface area contributed by atoms with Crippen LogP contribution in [0.25, 0.3) is 0 Å². The van der Waals surface area contributed by atoms with Crippen molar-refractivity contribution >= 4 is 29.0 Å². The fourth-order valence-corrected chi connectivity index (χ4v) is 3.10. The number of halogens is 2. The maximum atomic E-state index is 13.2. The third-order valence-corrected chi connectivity index (χ3v) is 4.47. The molecule has 126 valence electrons. The van der Waals surface area contributed by atoms with Gasteiger partial charge >= 0.3 is 0 Å². The Bertz CT molecular complexity index is 732. The van der Waals surface area contributed by atoms with E-state index in [1.165, 1.54) is 37.5 Å². The molecule has 1 aliphatic carbocycles. The highest BCUT2D eigenvalue weighted by atomic mass is 35.5. The summed E-state index contributed by atoms with van der Waals surface area (Å²) < 4.78 is 13.2. The fourth-order valence-electron chi connectivity index (χ4n) is 2.92. The number of pyridine rings is 1. The average Bonchev–Trinajstić information content (AvgIpc) is 2.59. The Morgan fingerprint density at radius 1 is 1.21 bits per heavy atom. The van der Waals surface area contributed by atoms with Crippen LogP contribution in [0.4, 0.5) is 15.9 Å². The molecule has 0 radical (unpaired) electrons. The summed E-state index contributed by atoms with van der Waals surface area (Å²) in [5.41, 5.74) is 0.905. The van der Waals surface area contributed by atoms with E-state index in [0.717, 1.165) is 12.8 Å². The smallest absolute Gasteiger partial charge is 0.259 e. The fraction of sp³-hybridized carbons (Fsp3) is 0.333. The van der Waals surface area contributed by atoms with E-state index in [1.807, 2.05) is 0 Å².